The van der Waals surface area contributed by atoms with Gasteiger partial charge in [-0.3, -0.25) is 0 Å². The fraction of sp³-hybridized carbons (Fsp3) is 0.786. The van der Waals surface area contributed by atoms with Gasteiger partial charge in [-0.05, 0) is 0 Å². The molecule has 0 bridgehead atoms. The number of nitrogens with zero attached hydrogens (tertiary/aromatic N) is 8. The van der Waals surface area contributed by atoms with Crippen molar-refractivity contribution in [2.24, 2.45) is 0 Å². The molecule has 0 radical (unpaired) electrons. The Morgan fingerprint density at radius 2 is 0.763 bits per heavy atom. The van der Waals surface area contributed by atoms with Crippen LogP contribution < -0.4 is 0 Å². The normalized spacial score (nSPS) is 43.8. The van der Waals surface area contributed by atoms with Crippen molar-refractivity contribution in [3.63, 3.8) is 0 Å². The molecule has 0 saturated carbocycles. The predicted octanol–water partition coefficient (Wildman–Crippen LogP) is 1.43. The van der Waals surface area contributed by atoms with Crippen LogP contribution in [-0.4, -0.2) is 135 Å². The molecular weight excluding hydrogens is 575 g/mol. The van der Waals surface area contributed by atoms with Crippen molar-refractivity contribution in [2.45, 2.75) is 38.8 Å². The van der Waals surface area contributed by atoms with Crippen LogP contribution in [-0.2, 0) is 40.5 Å². The first-order valence-electron chi connectivity index (χ1n) is 15.3. The number of benzene rings is 1. The second-order valence-electron chi connectivity index (χ2n) is 12.2. The molecule has 8 heterocycles. The van der Waals surface area contributed by atoms with Crippen LogP contribution in [0.2, 0.25) is 0 Å². The number of hydrogen-bond donors (Lipinski definition) is 0. The molecule has 8 fully saturated rings. The standard InChI is InChI=1S/C28H48N8.2Cu/c1-9-29-15-17-31-13-3-21-35(23-19-33-11-1)25-27-5-7-28(8-6-27)26-36-22-4-14-32-18-16-30-10-2-12-34-20-24-36;;/h5-8H,1-4,9-26H2;;/q-6;2*+4. The summed E-state index contributed by atoms with van der Waals surface area (Å²) >= 11 is -1.85. The molecule has 220 valence electrons. The molecule has 0 N–H and O–H groups in total. The molecule has 4 atom stereocenters. The van der Waals surface area contributed by atoms with Gasteiger partial charge < -0.3 is 0 Å². The maximum atomic E-state index is 2.96. The Kier molecular flexibility index (Phi) is 5.63. The predicted molar refractivity (Wildman–Crippen MR) is 142 cm³/mol. The van der Waals surface area contributed by atoms with E-state index in [0.717, 1.165) is 0 Å². The van der Waals surface area contributed by atoms with Crippen LogP contribution in [0, 0.1) is 0 Å². The van der Waals surface area contributed by atoms with E-state index in [0.29, 0.717) is 0 Å². The third-order valence-electron chi connectivity index (χ3n) is 10.1. The van der Waals surface area contributed by atoms with Gasteiger partial charge in [0.05, 0.1) is 0 Å². The van der Waals surface area contributed by atoms with Gasteiger partial charge in [0.1, 0.15) is 0 Å². The van der Waals surface area contributed by atoms with Gasteiger partial charge >= 0.3 is 237 Å². The number of hydrogen-bond acceptors (Lipinski definition) is 6. The average Bonchev–Trinajstić information content (AvgIpc) is 3.70. The molecule has 8 saturated heterocycles. The first-order valence-corrected chi connectivity index (χ1v) is 18.7. The van der Waals surface area contributed by atoms with Crippen molar-refractivity contribution in [1.29, 1.82) is 0 Å². The van der Waals surface area contributed by atoms with Gasteiger partial charge in [-0.2, -0.15) is 0 Å². The Morgan fingerprint density at radius 1 is 0.421 bits per heavy atom. The van der Waals surface area contributed by atoms with Crippen LogP contribution in [0.1, 0.15) is 36.8 Å². The molecule has 10 heteroatoms. The van der Waals surface area contributed by atoms with Crippen molar-refractivity contribution in [1.82, 2.24) is 23.5 Å². The second-order valence-corrected chi connectivity index (χ2v) is 19.9. The molecule has 0 aromatic heterocycles. The molecule has 1 aromatic carbocycles. The number of rotatable bonds is 4. The molecule has 0 amide bonds. The Hall–Kier alpha value is -0.0610. The summed E-state index contributed by atoms with van der Waals surface area (Å²) in [5.41, 5.74) is 3.17. The van der Waals surface area contributed by atoms with E-state index in [1.807, 2.05) is 0 Å². The van der Waals surface area contributed by atoms with Crippen LogP contribution in [0.15, 0.2) is 24.3 Å². The van der Waals surface area contributed by atoms with E-state index in [1.54, 1.807) is 11.1 Å². The third-order valence-corrected chi connectivity index (χ3v) is 21.0. The van der Waals surface area contributed by atoms with Gasteiger partial charge in [0.25, 0.3) is 0 Å². The average molecular weight is 624 g/mol. The van der Waals surface area contributed by atoms with Gasteiger partial charge in [0.15, 0.2) is 0 Å². The summed E-state index contributed by atoms with van der Waals surface area (Å²) < 4.78 is 20.4. The molecule has 0 unspecified atom stereocenters. The van der Waals surface area contributed by atoms with Gasteiger partial charge in [0.2, 0.25) is 0 Å². The molecule has 1 aromatic rings. The van der Waals surface area contributed by atoms with Crippen molar-refractivity contribution in [3.05, 3.63) is 35.4 Å². The molecule has 2 spiro atoms. The van der Waals surface area contributed by atoms with E-state index >= 15 is 0 Å². The Balaban J connectivity index is 1.01. The first-order chi connectivity index (χ1) is 18.7. The summed E-state index contributed by atoms with van der Waals surface area (Å²) in [5.74, 6) is 0. The number of quaternary nitrogens is 2. The quantitative estimate of drug-likeness (QED) is 0.470. The van der Waals surface area contributed by atoms with E-state index < -0.39 is 27.4 Å². The van der Waals surface area contributed by atoms with Crippen LogP contribution >= 0.6 is 0 Å². The Labute approximate surface area is 236 Å². The zero-order chi connectivity index (χ0) is 25.0. The molecule has 0 aliphatic carbocycles. The van der Waals surface area contributed by atoms with E-state index in [1.165, 1.54) is 150 Å². The van der Waals surface area contributed by atoms with E-state index in [9.17, 15) is 0 Å². The van der Waals surface area contributed by atoms with Gasteiger partial charge in [-0.15, -0.1) is 0 Å². The molecular formula is C28H48Cu2N8+2. The summed E-state index contributed by atoms with van der Waals surface area (Å²) in [7, 11) is 0. The van der Waals surface area contributed by atoms with Crippen LogP contribution in [0.4, 0.5) is 0 Å². The Bertz CT molecular complexity index is 977. The summed E-state index contributed by atoms with van der Waals surface area (Å²) in [6.45, 7) is 23.7. The zero-order valence-electron chi connectivity index (χ0n) is 23.0. The summed E-state index contributed by atoms with van der Waals surface area (Å²) in [5, 5.41) is 0. The first kappa shape index (κ1) is 24.5. The van der Waals surface area contributed by atoms with Gasteiger partial charge in [0, 0.05) is 0 Å². The fourth-order valence-electron chi connectivity index (χ4n) is 8.70. The monoisotopic (exact) mass is 622 g/mol. The van der Waals surface area contributed by atoms with Gasteiger partial charge in [-0.1, -0.05) is 0 Å². The van der Waals surface area contributed by atoms with Crippen LogP contribution in [0.25, 0.3) is 0 Å². The van der Waals surface area contributed by atoms with Crippen molar-refractivity contribution in [3.8, 4) is 0 Å². The minimum absolute atomic E-state index is 0.923. The van der Waals surface area contributed by atoms with E-state index in [4.69, 9.17) is 0 Å². The van der Waals surface area contributed by atoms with E-state index in [-0.39, 0.29) is 0 Å². The van der Waals surface area contributed by atoms with Crippen molar-refractivity contribution in [2.75, 3.05) is 105 Å². The molecule has 38 heavy (non-hydrogen) atoms. The molecule has 9 rings (SSSR count). The fourth-order valence-corrected chi connectivity index (χ4v) is 21.6. The molecule has 8 aliphatic rings. The minimum atomic E-state index is -0.923. The third kappa shape index (κ3) is 2.95. The summed E-state index contributed by atoms with van der Waals surface area (Å²) in [6, 6.07) is 10.2. The SMILES string of the molecule is c1cc(C[N@@+]23CCC[N]4CC[N]5CCC[N](CC2)[Cu@@]543)ccc1C[N@@+]12CCC[N]3CC[N]4CCC[N](CC1)[Cu@@]432. The van der Waals surface area contributed by atoms with Crippen LogP contribution in [0.3, 0.4) is 0 Å². The van der Waals surface area contributed by atoms with E-state index in [2.05, 4.69) is 47.8 Å². The van der Waals surface area contributed by atoms with Crippen LogP contribution in [0.5, 0.6) is 0 Å². The zero-order valence-corrected chi connectivity index (χ0v) is 24.9. The topological polar surface area (TPSA) is 19.4 Å². The summed E-state index contributed by atoms with van der Waals surface area (Å²) in [4.78, 5) is 0. The van der Waals surface area contributed by atoms with Crippen molar-refractivity contribution < 1.29 is 34.4 Å². The van der Waals surface area contributed by atoms with Gasteiger partial charge in [-0.25, -0.2) is 0 Å². The summed E-state index contributed by atoms with van der Waals surface area (Å²) in [6.07, 6.45) is 5.49. The molecule has 8 nitrogen and oxygen atoms in total. The Morgan fingerprint density at radius 3 is 1.16 bits per heavy atom. The molecule has 8 aliphatic heterocycles. The van der Waals surface area contributed by atoms with Crippen molar-refractivity contribution >= 4 is 0 Å². The maximum absolute atomic E-state index is 2.96. The second kappa shape index (κ2) is 8.73.